The summed E-state index contributed by atoms with van der Waals surface area (Å²) in [7, 11) is -3.20. The Morgan fingerprint density at radius 2 is 2.13 bits per heavy atom. The van der Waals surface area contributed by atoms with Crippen LogP contribution < -0.4 is 5.32 Å². The van der Waals surface area contributed by atoms with E-state index in [1.54, 1.807) is 19.1 Å². The Hall–Kier alpha value is -2.12. The molecule has 1 aliphatic rings. The molecular formula is C16H18N2O4S. The molecular weight excluding hydrogens is 316 g/mol. The monoisotopic (exact) mass is 334 g/mol. The zero-order valence-corrected chi connectivity index (χ0v) is 13.6. The van der Waals surface area contributed by atoms with E-state index < -0.39 is 10.0 Å². The van der Waals surface area contributed by atoms with Crippen LogP contribution in [0, 0.1) is 0 Å². The highest BCUT2D eigenvalue weighted by atomic mass is 32.2. The van der Waals surface area contributed by atoms with E-state index in [2.05, 4.69) is 5.32 Å². The van der Waals surface area contributed by atoms with E-state index in [1.807, 2.05) is 18.2 Å². The first kappa shape index (κ1) is 15.8. The van der Waals surface area contributed by atoms with Gasteiger partial charge in [0.05, 0.1) is 12.0 Å². The number of benzene rings is 1. The fraction of sp³-hybridized carbons (Fsp3) is 0.312. The third-order valence-corrected chi connectivity index (χ3v) is 5.77. The van der Waals surface area contributed by atoms with E-state index in [-0.39, 0.29) is 17.4 Å². The van der Waals surface area contributed by atoms with E-state index >= 15 is 0 Å². The molecule has 1 N–H and O–H groups in total. The number of anilines is 1. The minimum atomic E-state index is -3.20. The van der Waals surface area contributed by atoms with Crippen LogP contribution in [0.15, 0.2) is 41.0 Å². The normalized spacial score (nSPS) is 15.2. The van der Waals surface area contributed by atoms with Gasteiger partial charge in [0.25, 0.3) is 5.91 Å². The summed E-state index contributed by atoms with van der Waals surface area (Å²) < 4.78 is 30.6. The number of nitrogens with zero attached hydrogens (tertiary/aromatic N) is 1. The molecule has 3 rings (SSSR count). The molecule has 0 spiro atoms. The summed E-state index contributed by atoms with van der Waals surface area (Å²) >= 11 is 0. The molecule has 0 atom stereocenters. The van der Waals surface area contributed by atoms with Gasteiger partial charge in [-0.2, -0.15) is 4.31 Å². The van der Waals surface area contributed by atoms with Gasteiger partial charge in [-0.25, -0.2) is 8.42 Å². The van der Waals surface area contributed by atoms with Gasteiger partial charge in [-0.05, 0) is 48.7 Å². The zero-order chi connectivity index (χ0) is 16.4. The average Bonchev–Trinajstić information content (AvgIpc) is 3.08. The van der Waals surface area contributed by atoms with Crippen molar-refractivity contribution < 1.29 is 17.6 Å². The van der Waals surface area contributed by atoms with Crippen LogP contribution in [0.5, 0.6) is 0 Å². The number of nitrogens with one attached hydrogen (secondary N) is 1. The standard InChI is InChI=1S/C16H18N2O4S/c1-2-23(20,21)18-8-7-12-5-6-14(10-13(12)11-18)17-16(19)15-4-3-9-22-15/h3-6,9-10H,2,7-8,11H2,1H3,(H,17,19). The van der Waals surface area contributed by atoms with E-state index in [4.69, 9.17) is 4.42 Å². The van der Waals surface area contributed by atoms with Gasteiger partial charge in [0.15, 0.2) is 5.76 Å². The second kappa shape index (κ2) is 6.17. The highest BCUT2D eigenvalue weighted by Gasteiger charge is 2.25. The smallest absolute Gasteiger partial charge is 0.291 e. The van der Waals surface area contributed by atoms with Crippen molar-refractivity contribution in [2.45, 2.75) is 19.9 Å². The molecule has 0 saturated carbocycles. The lowest BCUT2D eigenvalue weighted by atomic mass is 10.0. The largest absolute Gasteiger partial charge is 0.459 e. The van der Waals surface area contributed by atoms with Crippen LogP contribution in [-0.4, -0.2) is 30.9 Å². The molecule has 0 saturated heterocycles. The van der Waals surface area contributed by atoms with E-state index in [0.717, 1.165) is 11.1 Å². The van der Waals surface area contributed by atoms with Crippen LogP contribution in [-0.2, 0) is 23.0 Å². The number of carbonyl (C=O) groups excluding carboxylic acids is 1. The van der Waals surface area contributed by atoms with Gasteiger partial charge in [-0.3, -0.25) is 4.79 Å². The summed E-state index contributed by atoms with van der Waals surface area (Å²) in [6.45, 7) is 2.49. The van der Waals surface area contributed by atoms with E-state index in [1.165, 1.54) is 10.6 Å². The van der Waals surface area contributed by atoms with Gasteiger partial charge < -0.3 is 9.73 Å². The van der Waals surface area contributed by atoms with E-state index in [9.17, 15) is 13.2 Å². The molecule has 2 aromatic rings. The SMILES string of the molecule is CCS(=O)(=O)N1CCc2ccc(NC(=O)c3ccco3)cc2C1. The lowest BCUT2D eigenvalue weighted by Crippen LogP contribution is -2.36. The lowest BCUT2D eigenvalue weighted by Gasteiger charge is -2.28. The topological polar surface area (TPSA) is 79.6 Å². The Bertz CT molecular complexity index is 813. The average molecular weight is 334 g/mol. The number of hydrogen-bond donors (Lipinski definition) is 1. The quantitative estimate of drug-likeness (QED) is 0.930. The lowest BCUT2D eigenvalue weighted by molar-refractivity contribution is 0.0996. The summed E-state index contributed by atoms with van der Waals surface area (Å²) in [6.07, 6.45) is 2.12. The third-order valence-electron chi connectivity index (χ3n) is 3.94. The van der Waals surface area contributed by atoms with Crippen LogP contribution >= 0.6 is 0 Å². The maximum Gasteiger partial charge on any atom is 0.291 e. The molecule has 122 valence electrons. The highest BCUT2D eigenvalue weighted by molar-refractivity contribution is 7.89. The van der Waals surface area contributed by atoms with Crippen LogP contribution in [0.2, 0.25) is 0 Å². The molecule has 1 aromatic carbocycles. The summed E-state index contributed by atoms with van der Waals surface area (Å²) in [5.41, 5.74) is 2.66. The van der Waals surface area contributed by atoms with Crippen molar-refractivity contribution in [2.24, 2.45) is 0 Å². The molecule has 1 aliphatic heterocycles. The highest BCUT2D eigenvalue weighted by Crippen LogP contribution is 2.24. The number of amides is 1. The molecule has 0 fully saturated rings. The first-order chi connectivity index (χ1) is 11.0. The van der Waals surface area contributed by atoms with Gasteiger partial charge in [0.1, 0.15) is 0 Å². The minimum absolute atomic E-state index is 0.0945. The Balaban J connectivity index is 1.79. The van der Waals surface area contributed by atoms with Crippen LogP contribution in [0.3, 0.4) is 0 Å². The second-order valence-electron chi connectivity index (χ2n) is 5.40. The summed E-state index contributed by atoms with van der Waals surface area (Å²) in [5.74, 6) is -0.00115. The number of furan rings is 1. The number of fused-ring (bicyclic) bond motifs is 1. The maximum atomic E-state index is 12.0. The fourth-order valence-corrected chi connectivity index (χ4v) is 3.70. The van der Waals surface area contributed by atoms with Crippen molar-refractivity contribution in [1.29, 1.82) is 0 Å². The van der Waals surface area contributed by atoms with Gasteiger partial charge in [-0.1, -0.05) is 6.07 Å². The Kier molecular flexibility index (Phi) is 4.23. The Morgan fingerprint density at radius 3 is 2.83 bits per heavy atom. The summed E-state index contributed by atoms with van der Waals surface area (Å²) in [5, 5.41) is 2.76. The number of sulfonamides is 1. The van der Waals surface area contributed by atoms with Crippen molar-refractivity contribution in [1.82, 2.24) is 4.31 Å². The summed E-state index contributed by atoms with van der Waals surface area (Å²) in [4.78, 5) is 12.0. The Labute approximate surface area is 135 Å². The summed E-state index contributed by atoms with van der Waals surface area (Å²) in [6, 6.07) is 8.82. The van der Waals surface area contributed by atoms with Crippen molar-refractivity contribution in [2.75, 3.05) is 17.6 Å². The van der Waals surface area contributed by atoms with Gasteiger partial charge in [0, 0.05) is 18.8 Å². The molecule has 1 aromatic heterocycles. The second-order valence-corrected chi connectivity index (χ2v) is 7.66. The molecule has 0 unspecified atom stereocenters. The van der Waals surface area contributed by atoms with Gasteiger partial charge in [0.2, 0.25) is 10.0 Å². The predicted molar refractivity (Wildman–Crippen MR) is 86.7 cm³/mol. The van der Waals surface area contributed by atoms with Crippen LogP contribution in [0.1, 0.15) is 28.6 Å². The molecule has 0 radical (unpaired) electrons. The molecule has 7 heteroatoms. The third kappa shape index (κ3) is 3.30. The van der Waals surface area contributed by atoms with Crippen LogP contribution in [0.4, 0.5) is 5.69 Å². The molecule has 6 nitrogen and oxygen atoms in total. The zero-order valence-electron chi connectivity index (χ0n) is 12.8. The first-order valence-electron chi connectivity index (χ1n) is 7.44. The number of rotatable bonds is 4. The van der Waals surface area contributed by atoms with Crippen molar-refractivity contribution in [3.8, 4) is 0 Å². The first-order valence-corrected chi connectivity index (χ1v) is 9.05. The van der Waals surface area contributed by atoms with Crippen molar-refractivity contribution in [3.63, 3.8) is 0 Å². The minimum Gasteiger partial charge on any atom is -0.459 e. The van der Waals surface area contributed by atoms with Gasteiger partial charge in [-0.15, -0.1) is 0 Å². The van der Waals surface area contributed by atoms with Crippen molar-refractivity contribution >= 4 is 21.6 Å². The molecule has 1 amide bonds. The van der Waals surface area contributed by atoms with E-state index in [0.29, 0.717) is 25.2 Å². The molecule has 0 bridgehead atoms. The number of carbonyl (C=O) groups is 1. The maximum absolute atomic E-state index is 12.0. The molecule has 2 heterocycles. The van der Waals surface area contributed by atoms with Crippen LogP contribution in [0.25, 0.3) is 0 Å². The Morgan fingerprint density at radius 1 is 1.30 bits per heavy atom. The number of hydrogen-bond acceptors (Lipinski definition) is 4. The van der Waals surface area contributed by atoms with Crippen molar-refractivity contribution in [3.05, 3.63) is 53.5 Å². The molecule has 23 heavy (non-hydrogen) atoms. The van der Waals surface area contributed by atoms with Gasteiger partial charge >= 0.3 is 0 Å². The fourth-order valence-electron chi connectivity index (χ4n) is 2.63. The molecule has 0 aliphatic carbocycles. The predicted octanol–water partition coefficient (Wildman–Crippen LogP) is 2.24.